The van der Waals surface area contributed by atoms with Crippen LogP contribution in [0.4, 0.5) is 11.4 Å². The molecule has 2 aromatic heterocycles. The topological polar surface area (TPSA) is 101 Å². The molecule has 7 nitrogen and oxygen atoms in total. The molecule has 1 aliphatic rings. The van der Waals surface area contributed by atoms with E-state index in [1.807, 2.05) is 6.92 Å². The summed E-state index contributed by atoms with van der Waals surface area (Å²) in [5.41, 5.74) is 2.39. The molecule has 0 radical (unpaired) electrons. The molecule has 162 valence electrons. The molecule has 0 aliphatic heterocycles. The van der Waals surface area contributed by atoms with Gasteiger partial charge >= 0.3 is 0 Å². The standard InChI is InChI=1S/C21H20ClN3O4S2/c1-12-3-6-15(11-17(12)22)25-31(27,28)19-10-8-16(30-19)7-9-18-20(13(2)24-29-18)23-21(26)14-4-5-14/h3,6-11,14,25H,4-5H2,1-2H3,(H,23,26)/b9-7+. The van der Waals surface area contributed by atoms with Crippen molar-refractivity contribution in [1.29, 1.82) is 0 Å². The lowest BCUT2D eigenvalue weighted by molar-refractivity contribution is -0.117. The Morgan fingerprint density at radius 2 is 2.00 bits per heavy atom. The first-order chi connectivity index (χ1) is 14.7. The Morgan fingerprint density at radius 3 is 2.71 bits per heavy atom. The molecular weight excluding hydrogens is 458 g/mol. The van der Waals surface area contributed by atoms with Crippen molar-refractivity contribution in [2.75, 3.05) is 10.0 Å². The number of halogens is 1. The Bertz CT molecular complexity index is 1270. The molecule has 0 saturated heterocycles. The normalized spacial score (nSPS) is 14.2. The Balaban J connectivity index is 1.49. The average Bonchev–Trinajstić information content (AvgIpc) is 3.36. The van der Waals surface area contributed by atoms with Crippen LogP contribution < -0.4 is 10.0 Å². The first kappa shape index (κ1) is 21.6. The first-order valence-corrected chi connectivity index (χ1v) is 12.2. The van der Waals surface area contributed by atoms with Crippen molar-refractivity contribution < 1.29 is 17.7 Å². The van der Waals surface area contributed by atoms with Crippen molar-refractivity contribution in [2.24, 2.45) is 5.92 Å². The van der Waals surface area contributed by atoms with Gasteiger partial charge in [0.25, 0.3) is 10.0 Å². The summed E-state index contributed by atoms with van der Waals surface area (Å²) in [4.78, 5) is 12.8. The molecule has 1 amide bonds. The fourth-order valence-corrected chi connectivity index (χ4v) is 5.27. The minimum absolute atomic E-state index is 0.0345. The van der Waals surface area contributed by atoms with Crippen molar-refractivity contribution in [3.63, 3.8) is 0 Å². The van der Waals surface area contributed by atoms with Gasteiger partial charge in [-0.15, -0.1) is 11.3 Å². The molecule has 2 heterocycles. The SMILES string of the molecule is Cc1ccc(NS(=O)(=O)c2ccc(/C=C/c3onc(C)c3NC(=O)C3CC3)s2)cc1Cl. The molecule has 2 N–H and O–H groups in total. The zero-order valence-corrected chi connectivity index (χ0v) is 19.2. The lowest BCUT2D eigenvalue weighted by atomic mass is 10.2. The molecule has 1 fully saturated rings. The van der Waals surface area contributed by atoms with E-state index in [2.05, 4.69) is 15.2 Å². The number of aryl methyl sites for hydroxylation is 2. The highest BCUT2D eigenvalue weighted by atomic mass is 35.5. The van der Waals surface area contributed by atoms with Gasteiger partial charge in [0.1, 0.15) is 15.6 Å². The largest absolute Gasteiger partial charge is 0.354 e. The number of sulfonamides is 1. The van der Waals surface area contributed by atoms with Gasteiger partial charge < -0.3 is 9.84 Å². The molecule has 1 aromatic carbocycles. The minimum atomic E-state index is -3.74. The Labute approximate surface area is 189 Å². The zero-order valence-electron chi connectivity index (χ0n) is 16.8. The van der Waals surface area contributed by atoms with Crippen LogP contribution in [0, 0.1) is 19.8 Å². The van der Waals surface area contributed by atoms with Gasteiger partial charge in [-0.2, -0.15) is 0 Å². The third-order valence-electron chi connectivity index (χ3n) is 4.78. The molecule has 0 unspecified atom stereocenters. The number of amides is 1. The second-order valence-electron chi connectivity index (χ2n) is 7.33. The van der Waals surface area contributed by atoms with Gasteiger partial charge in [0, 0.05) is 15.8 Å². The van der Waals surface area contributed by atoms with Crippen molar-refractivity contribution >= 4 is 62.4 Å². The van der Waals surface area contributed by atoms with Crippen LogP contribution >= 0.6 is 22.9 Å². The van der Waals surface area contributed by atoms with Crippen LogP contribution in [0.2, 0.25) is 5.02 Å². The molecule has 0 atom stereocenters. The summed E-state index contributed by atoms with van der Waals surface area (Å²) in [5, 5.41) is 7.26. The molecule has 31 heavy (non-hydrogen) atoms. The summed E-state index contributed by atoms with van der Waals surface area (Å²) >= 11 is 7.18. The van der Waals surface area contributed by atoms with Crippen LogP contribution in [-0.4, -0.2) is 19.5 Å². The smallest absolute Gasteiger partial charge is 0.271 e. The van der Waals surface area contributed by atoms with E-state index in [1.54, 1.807) is 43.3 Å². The Morgan fingerprint density at radius 1 is 1.23 bits per heavy atom. The quantitative estimate of drug-likeness (QED) is 0.479. The maximum atomic E-state index is 12.7. The highest BCUT2D eigenvalue weighted by Gasteiger charge is 2.30. The number of hydrogen-bond donors (Lipinski definition) is 2. The van der Waals surface area contributed by atoms with Crippen LogP contribution in [-0.2, 0) is 14.8 Å². The lowest BCUT2D eigenvalue weighted by Crippen LogP contribution is -2.14. The number of thiophene rings is 1. The van der Waals surface area contributed by atoms with E-state index < -0.39 is 10.0 Å². The van der Waals surface area contributed by atoms with Gasteiger partial charge in [0.15, 0.2) is 5.76 Å². The second kappa shape index (κ2) is 8.49. The number of aromatic nitrogens is 1. The van der Waals surface area contributed by atoms with E-state index in [1.165, 1.54) is 6.07 Å². The third-order valence-corrected chi connectivity index (χ3v) is 8.11. The van der Waals surface area contributed by atoms with E-state index in [0.29, 0.717) is 32.7 Å². The number of nitrogens with zero attached hydrogens (tertiary/aromatic N) is 1. The molecule has 4 rings (SSSR count). The van der Waals surface area contributed by atoms with Gasteiger partial charge in [-0.25, -0.2) is 8.42 Å². The number of benzene rings is 1. The van der Waals surface area contributed by atoms with Gasteiger partial charge in [0.2, 0.25) is 5.91 Å². The third kappa shape index (κ3) is 5.00. The van der Waals surface area contributed by atoms with Crippen LogP contribution in [0.5, 0.6) is 0 Å². The van der Waals surface area contributed by atoms with E-state index in [9.17, 15) is 13.2 Å². The van der Waals surface area contributed by atoms with E-state index in [0.717, 1.165) is 29.7 Å². The van der Waals surface area contributed by atoms with Crippen LogP contribution in [0.15, 0.2) is 39.1 Å². The maximum absolute atomic E-state index is 12.7. The molecule has 10 heteroatoms. The second-order valence-corrected chi connectivity index (χ2v) is 10.8. The van der Waals surface area contributed by atoms with Crippen LogP contribution in [0.3, 0.4) is 0 Å². The van der Waals surface area contributed by atoms with Gasteiger partial charge in [-0.1, -0.05) is 22.8 Å². The average molecular weight is 478 g/mol. The first-order valence-electron chi connectivity index (χ1n) is 9.57. The monoisotopic (exact) mass is 477 g/mol. The molecule has 1 saturated carbocycles. The predicted molar refractivity (Wildman–Crippen MR) is 123 cm³/mol. The van der Waals surface area contributed by atoms with Gasteiger partial charge in [0.05, 0.1) is 5.69 Å². The van der Waals surface area contributed by atoms with Gasteiger partial charge in [-0.05, 0) is 68.7 Å². The number of carbonyl (C=O) groups excluding carboxylic acids is 1. The summed E-state index contributed by atoms with van der Waals surface area (Å²) in [7, 11) is -3.74. The van der Waals surface area contributed by atoms with Crippen molar-refractivity contribution in [3.05, 3.63) is 57.2 Å². The number of hydrogen-bond acceptors (Lipinski definition) is 6. The minimum Gasteiger partial charge on any atom is -0.354 e. The molecule has 3 aromatic rings. The highest BCUT2D eigenvalue weighted by Crippen LogP contribution is 2.32. The van der Waals surface area contributed by atoms with E-state index in [-0.39, 0.29) is 16.0 Å². The number of rotatable bonds is 7. The molecule has 1 aliphatic carbocycles. The molecular formula is C21H20ClN3O4S2. The fraction of sp³-hybridized carbons (Fsp3) is 0.238. The molecule has 0 spiro atoms. The number of carbonyl (C=O) groups is 1. The van der Waals surface area contributed by atoms with Crippen molar-refractivity contribution in [2.45, 2.75) is 30.9 Å². The summed E-state index contributed by atoms with van der Waals surface area (Å²) in [6.45, 7) is 3.60. The Kier molecular flexibility index (Phi) is 5.92. The summed E-state index contributed by atoms with van der Waals surface area (Å²) < 4.78 is 33.4. The number of anilines is 2. The van der Waals surface area contributed by atoms with Crippen molar-refractivity contribution in [3.8, 4) is 0 Å². The van der Waals surface area contributed by atoms with Gasteiger partial charge in [-0.3, -0.25) is 9.52 Å². The number of nitrogens with one attached hydrogen (secondary N) is 2. The van der Waals surface area contributed by atoms with Crippen LogP contribution in [0.25, 0.3) is 12.2 Å². The summed E-state index contributed by atoms with van der Waals surface area (Å²) in [6.07, 6.45) is 5.18. The summed E-state index contributed by atoms with van der Waals surface area (Å²) in [5.74, 6) is 0.441. The van der Waals surface area contributed by atoms with Crippen LogP contribution in [0.1, 0.15) is 34.7 Å². The fourth-order valence-electron chi connectivity index (χ4n) is 2.81. The summed E-state index contributed by atoms with van der Waals surface area (Å²) in [6, 6.07) is 8.22. The molecule has 0 bridgehead atoms. The maximum Gasteiger partial charge on any atom is 0.271 e. The zero-order chi connectivity index (χ0) is 22.2. The Hall–Kier alpha value is -2.62. The predicted octanol–water partition coefficient (Wildman–Crippen LogP) is 5.33. The van der Waals surface area contributed by atoms with Crippen molar-refractivity contribution in [1.82, 2.24) is 5.16 Å². The van der Waals surface area contributed by atoms with E-state index in [4.69, 9.17) is 16.1 Å². The van der Waals surface area contributed by atoms with E-state index >= 15 is 0 Å². The lowest BCUT2D eigenvalue weighted by Gasteiger charge is -2.07. The highest BCUT2D eigenvalue weighted by molar-refractivity contribution is 7.94.